The van der Waals surface area contributed by atoms with Crippen molar-refractivity contribution in [2.75, 3.05) is 6.54 Å². The van der Waals surface area contributed by atoms with Crippen molar-refractivity contribution in [3.63, 3.8) is 0 Å². The second-order valence-electron chi connectivity index (χ2n) is 19.2. The predicted octanol–water partition coefficient (Wildman–Crippen LogP) is 9.37. The first kappa shape index (κ1) is 47.4. The van der Waals surface area contributed by atoms with E-state index in [-0.39, 0.29) is 49.2 Å². The molecule has 0 aliphatic carbocycles. The van der Waals surface area contributed by atoms with Crippen LogP contribution in [0.3, 0.4) is 0 Å². The standard InChI is InChI=1S/C51H69N3O9/c1-31(2)14-9-16-33(5)18-11-21-50(7)44(57)26-38-42(55)24-36-40(46(38)62-50)29-53(48(36)59)23-13-20-35(28-52-61)54-30-41-37(49(54)60)25-43(56)39-27-45(58)51(8,63-47(39)41)22-12-19-34(6)17-10-15-32(3)4/h14-15,18-19,24-25,28,35,44-45,55-58,61H,9-13,16-17,20-23,26-27,29-30H2,1-8H3/b33-18+,34-19+,52-28?/t35-,44-,45-,50+,51+/m0/s1. The number of phenols is 2. The summed E-state index contributed by atoms with van der Waals surface area (Å²) in [4.78, 5) is 31.1. The summed E-state index contributed by atoms with van der Waals surface area (Å²) in [6.07, 6.45) is 16.0. The Hall–Kier alpha value is -5.07. The van der Waals surface area contributed by atoms with Gasteiger partial charge in [-0.25, -0.2) is 0 Å². The second kappa shape index (κ2) is 19.8. The van der Waals surface area contributed by atoms with Crippen LogP contribution in [0.4, 0.5) is 0 Å². The molecular formula is C51H69N3O9. The number of nitrogens with zero attached hydrogens (tertiary/aromatic N) is 3. The van der Waals surface area contributed by atoms with E-state index in [0.29, 0.717) is 89.9 Å². The first-order chi connectivity index (χ1) is 29.8. The molecule has 5 N–H and O–H groups in total. The molecule has 4 aliphatic heterocycles. The Kier molecular flexibility index (Phi) is 14.9. The maximum absolute atomic E-state index is 14.0. The van der Waals surface area contributed by atoms with E-state index < -0.39 is 29.5 Å². The van der Waals surface area contributed by atoms with Crippen LogP contribution in [-0.4, -0.2) is 89.5 Å². The summed E-state index contributed by atoms with van der Waals surface area (Å²) in [6.45, 7) is 17.1. The largest absolute Gasteiger partial charge is 0.508 e. The van der Waals surface area contributed by atoms with Gasteiger partial charge in [0.1, 0.15) is 34.2 Å². The van der Waals surface area contributed by atoms with Gasteiger partial charge in [-0.3, -0.25) is 9.59 Å². The molecule has 4 heterocycles. The van der Waals surface area contributed by atoms with E-state index >= 15 is 0 Å². The van der Waals surface area contributed by atoms with E-state index in [1.807, 2.05) is 13.8 Å². The van der Waals surface area contributed by atoms with Crippen molar-refractivity contribution < 1.29 is 44.7 Å². The fourth-order valence-electron chi connectivity index (χ4n) is 9.40. The summed E-state index contributed by atoms with van der Waals surface area (Å²) >= 11 is 0. The Morgan fingerprint density at radius 1 is 0.730 bits per heavy atom. The highest BCUT2D eigenvalue weighted by molar-refractivity contribution is 6.02. The lowest BCUT2D eigenvalue weighted by Gasteiger charge is -2.41. The molecule has 2 aromatic rings. The average Bonchev–Trinajstić information content (AvgIpc) is 3.70. The first-order valence-electron chi connectivity index (χ1n) is 22.7. The number of benzene rings is 2. The van der Waals surface area contributed by atoms with Crippen LogP contribution in [0.25, 0.3) is 0 Å². The molecule has 12 heteroatoms. The molecule has 0 unspecified atom stereocenters. The van der Waals surface area contributed by atoms with Gasteiger partial charge in [0.2, 0.25) is 0 Å². The summed E-state index contributed by atoms with van der Waals surface area (Å²) in [7, 11) is 0. The van der Waals surface area contributed by atoms with Crippen molar-refractivity contribution in [2.45, 2.75) is 175 Å². The zero-order valence-corrected chi connectivity index (χ0v) is 38.6. The van der Waals surface area contributed by atoms with Gasteiger partial charge < -0.3 is 44.9 Å². The molecule has 0 aromatic heterocycles. The Morgan fingerprint density at radius 3 is 1.68 bits per heavy atom. The van der Waals surface area contributed by atoms with Crippen molar-refractivity contribution in [3.05, 3.63) is 92.1 Å². The fraction of sp³-hybridized carbons (Fsp3) is 0.549. The van der Waals surface area contributed by atoms with Crippen molar-refractivity contribution in [1.29, 1.82) is 0 Å². The van der Waals surface area contributed by atoms with Gasteiger partial charge >= 0.3 is 0 Å². The van der Waals surface area contributed by atoms with Gasteiger partial charge in [-0.2, -0.15) is 0 Å². The number of hydrogen-bond donors (Lipinski definition) is 5. The normalized spacial score (nSPS) is 23.5. The summed E-state index contributed by atoms with van der Waals surface area (Å²) in [5, 5.41) is 57.7. The lowest BCUT2D eigenvalue weighted by molar-refractivity contribution is -0.0599. The third-order valence-electron chi connectivity index (χ3n) is 13.5. The lowest BCUT2D eigenvalue weighted by atomic mass is 9.84. The van der Waals surface area contributed by atoms with Crippen LogP contribution in [0, 0.1) is 0 Å². The van der Waals surface area contributed by atoms with Gasteiger partial charge in [-0.05, 0) is 132 Å². The number of fused-ring (bicyclic) bond motifs is 6. The smallest absolute Gasteiger partial charge is 0.255 e. The highest BCUT2D eigenvalue weighted by atomic mass is 16.5. The van der Waals surface area contributed by atoms with Crippen molar-refractivity contribution in [1.82, 2.24) is 9.80 Å². The van der Waals surface area contributed by atoms with E-state index in [0.717, 1.165) is 25.7 Å². The molecule has 2 amide bonds. The minimum absolute atomic E-state index is 0.0777. The molecule has 0 saturated heterocycles. The third kappa shape index (κ3) is 10.5. The quantitative estimate of drug-likeness (QED) is 0.0424. The van der Waals surface area contributed by atoms with Crippen LogP contribution < -0.4 is 9.47 Å². The van der Waals surface area contributed by atoms with E-state index in [1.54, 1.807) is 9.80 Å². The van der Waals surface area contributed by atoms with Gasteiger partial charge in [0.15, 0.2) is 0 Å². The number of oxime groups is 1. The predicted molar refractivity (Wildman–Crippen MR) is 245 cm³/mol. The number of aromatic hydroxyl groups is 2. The van der Waals surface area contributed by atoms with Gasteiger partial charge in [-0.1, -0.05) is 51.8 Å². The zero-order valence-electron chi connectivity index (χ0n) is 38.6. The van der Waals surface area contributed by atoms with E-state index in [1.165, 1.54) is 40.6 Å². The Labute approximate surface area is 373 Å². The third-order valence-corrected chi connectivity index (χ3v) is 13.5. The average molecular weight is 868 g/mol. The van der Waals surface area contributed by atoms with Crippen LogP contribution in [0.5, 0.6) is 23.0 Å². The highest BCUT2D eigenvalue weighted by Crippen LogP contribution is 2.48. The molecule has 0 bridgehead atoms. The molecule has 2 aromatic carbocycles. The number of rotatable bonds is 18. The maximum atomic E-state index is 14.0. The molecule has 0 saturated carbocycles. The molecule has 12 nitrogen and oxygen atoms in total. The van der Waals surface area contributed by atoms with E-state index in [9.17, 15) is 35.2 Å². The van der Waals surface area contributed by atoms with Crippen LogP contribution >= 0.6 is 0 Å². The molecule has 5 atom stereocenters. The number of aliphatic hydroxyl groups excluding tert-OH is 2. The molecule has 4 aliphatic rings. The summed E-state index contributed by atoms with van der Waals surface area (Å²) in [6, 6.07) is 2.27. The van der Waals surface area contributed by atoms with Crippen LogP contribution in [0.15, 0.2) is 63.9 Å². The number of hydrogen-bond acceptors (Lipinski definition) is 10. The zero-order chi connectivity index (χ0) is 45.8. The lowest BCUT2D eigenvalue weighted by Crippen LogP contribution is -2.49. The number of aliphatic hydroxyl groups is 2. The van der Waals surface area contributed by atoms with Crippen LogP contribution in [0.1, 0.15) is 163 Å². The first-order valence-corrected chi connectivity index (χ1v) is 22.7. The molecule has 0 fully saturated rings. The van der Waals surface area contributed by atoms with E-state index in [2.05, 4.69) is 71.0 Å². The van der Waals surface area contributed by atoms with Crippen LogP contribution in [0.2, 0.25) is 0 Å². The second-order valence-corrected chi connectivity index (χ2v) is 19.2. The molecule has 6 rings (SSSR count). The highest BCUT2D eigenvalue weighted by Gasteiger charge is 2.46. The Balaban J connectivity index is 1.11. The van der Waals surface area contributed by atoms with Crippen molar-refractivity contribution >= 4 is 18.0 Å². The van der Waals surface area contributed by atoms with Crippen LogP contribution in [-0.2, 0) is 25.9 Å². The van der Waals surface area contributed by atoms with Gasteiger partial charge in [0, 0.05) is 41.6 Å². The molecule has 342 valence electrons. The molecule has 63 heavy (non-hydrogen) atoms. The number of phenolic OH excluding ortho intramolecular Hbond substituents is 2. The summed E-state index contributed by atoms with van der Waals surface area (Å²) in [5.41, 5.74) is 6.20. The van der Waals surface area contributed by atoms with E-state index in [4.69, 9.17) is 9.47 Å². The maximum Gasteiger partial charge on any atom is 0.255 e. The number of amides is 2. The van der Waals surface area contributed by atoms with Crippen molar-refractivity contribution in [3.8, 4) is 23.0 Å². The SMILES string of the molecule is CC(C)=CCC/C(C)=C/CC[C@@]1(C)Oc2c(c(O)cc3c2CN(CCC[C@@H](C=NO)N2Cc4c(cc(O)c5c4O[C@](C)(CC/C=C(\C)CCC=C(C)C)[C@@H](O)C5)C2=O)C3=O)C[C@@H]1O. The Bertz CT molecular complexity index is 2210. The Morgan fingerprint density at radius 2 is 1.21 bits per heavy atom. The minimum Gasteiger partial charge on any atom is -0.508 e. The van der Waals surface area contributed by atoms with Gasteiger partial charge in [0.05, 0.1) is 48.7 Å². The summed E-state index contributed by atoms with van der Waals surface area (Å²) in [5.74, 6) is 0.0958. The number of ether oxygens (including phenoxy) is 2. The fourth-order valence-corrected chi connectivity index (χ4v) is 9.40. The van der Waals surface area contributed by atoms with Gasteiger partial charge in [-0.15, -0.1) is 0 Å². The number of carbonyl (C=O) groups excluding carboxylic acids is 2. The minimum atomic E-state index is -0.950. The number of allylic oxidation sites excluding steroid dienone is 8. The monoisotopic (exact) mass is 868 g/mol. The molecular weight excluding hydrogens is 799 g/mol. The van der Waals surface area contributed by atoms with Crippen molar-refractivity contribution in [2.24, 2.45) is 5.16 Å². The molecule has 0 radical (unpaired) electrons. The topological polar surface area (TPSA) is 173 Å². The van der Waals surface area contributed by atoms with Gasteiger partial charge in [0.25, 0.3) is 11.8 Å². The summed E-state index contributed by atoms with van der Waals surface area (Å²) < 4.78 is 13.2. The number of carbonyl (C=O) groups is 2. The molecule has 0 spiro atoms.